The third kappa shape index (κ3) is 4.13. The normalized spacial score (nSPS) is 14.4. The Morgan fingerprint density at radius 3 is 1.84 bits per heavy atom. The summed E-state index contributed by atoms with van der Waals surface area (Å²) in [7, 11) is 0. The van der Waals surface area contributed by atoms with E-state index < -0.39 is 0 Å². The Labute approximate surface area is 255 Å². The number of hydrogen-bond donors (Lipinski definition) is 0. The van der Waals surface area contributed by atoms with Gasteiger partial charge < -0.3 is 4.90 Å². The highest BCUT2D eigenvalue weighted by atomic mass is 19.1. The summed E-state index contributed by atoms with van der Waals surface area (Å²) in [6.45, 7) is 4.40. The highest BCUT2D eigenvalue weighted by Gasteiger charge is 2.21. The van der Waals surface area contributed by atoms with Crippen LogP contribution in [0.3, 0.4) is 0 Å². The lowest BCUT2D eigenvalue weighted by atomic mass is 9.84. The summed E-state index contributed by atoms with van der Waals surface area (Å²) in [5, 5.41) is 6.03. The number of para-hydroxylation sites is 1. The predicted molar refractivity (Wildman–Crippen MR) is 185 cm³/mol. The third-order valence-corrected chi connectivity index (χ3v) is 8.47. The number of benzene rings is 7. The molecule has 1 heterocycles. The maximum atomic E-state index is 14.9. The Morgan fingerprint density at radius 2 is 1.16 bits per heavy atom. The van der Waals surface area contributed by atoms with E-state index >= 15 is 0 Å². The van der Waals surface area contributed by atoms with Crippen LogP contribution in [0, 0.1) is 5.82 Å². The predicted octanol–water partition coefficient (Wildman–Crippen LogP) is 11.5. The molecule has 0 amide bonds. The van der Waals surface area contributed by atoms with Crippen molar-refractivity contribution in [3.05, 3.63) is 164 Å². The molecule has 3 heteroatoms. The summed E-state index contributed by atoms with van der Waals surface area (Å²) in [6.07, 6.45) is 5.73. The fraction of sp³-hybridized carbons (Fsp3) is 0. The average molecular weight is 567 g/mol. The van der Waals surface area contributed by atoms with Crippen molar-refractivity contribution >= 4 is 55.6 Å². The maximum absolute atomic E-state index is 14.9. The molecule has 0 fully saturated rings. The molecule has 0 aliphatic carbocycles. The van der Waals surface area contributed by atoms with Gasteiger partial charge in [0.15, 0.2) is 0 Å². The largest absolute Gasteiger partial charge is 0.309 e. The minimum Gasteiger partial charge on any atom is -0.309 e. The summed E-state index contributed by atoms with van der Waals surface area (Å²) in [6, 6.07) is 45.1. The second kappa shape index (κ2) is 10.5. The first-order chi connectivity index (χ1) is 21.7. The lowest BCUT2D eigenvalue weighted by Gasteiger charge is -2.28. The first kappa shape index (κ1) is 25.9. The first-order valence-corrected chi connectivity index (χ1v) is 14.7. The lowest BCUT2D eigenvalue weighted by Crippen LogP contribution is -2.15. The van der Waals surface area contributed by atoms with Crippen molar-refractivity contribution in [2.45, 2.75) is 0 Å². The van der Waals surface area contributed by atoms with E-state index in [1.807, 2.05) is 66.9 Å². The van der Waals surface area contributed by atoms with Gasteiger partial charge in [-0.3, -0.25) is 4.99 Å². The molecule has 0 atom stereocenters. The van der Waals surface area contributed by atoms with Gasteiger partial charge in [-0.05, 0) is 91.7 Å². The third-order valence-electron chi connectivity index (χ3n) is 8.47. The number of rotatable bonds is 3. The molecule has 0 radical (unpaired) electrons. The van der Waals surface area contributed by atoms with Crippen molar-refractivity contribution in [3.8, 4) is 22.3 Å². The Hall–Kier alpha value is -5.80. The van der Waals surface area contributed by atoms with Crippen molar-refractivity contribution in [2.24, 2.45) is 4.99 Å². The van der Waals surface area contributed by atoms with E-state index in [0.29, 0.717) is 5.39 Å². The fourth-order valence-corrected chi connectivity index (χ4v) is 6.57. The van der Waals surface area contributed by atoms with Crippen LogP contribution >= 0.6 is 0 Å². The number of aliphatic imine (C=N–C) groups is 1. The van der Waals surface area contributed by atoms with E-state index in [9.17, 15) is 4.39 Å². The molecule has 44 heavy (non-hydrogen) atoms. The van der Waals surface area contributed by atoms with Crippen LogP contribution in [0.25, 0.3) is 54.6 Å². The molecule has 208 valence electrons. The van der Waals surface area contributed by atoms with E-state index in [2.05, 4.69) is 90.3 Å². The number of allylic oxidation sites excluding steroid dienone is 2. The highest BCUT2D eigenvalue weighted by molar-refractivity contribution is 6.23. The van der Waals surface area contributed by atoms with Crippen LogP contribution in [-0.4, -0.2) is 6.21 Å². The molecule has 0 spiro atoms. The van der Waals surface area contributed by atoms with Crippen molar-refractivity contribution in [2.75, 3.05) is 4.90 Å². The van der Waals surface area contributed by atoms with Crippen LogP contribution < -0.4 is 4.90 Å². The number of halogens is 1. The van der Waals surface area contributed by atoms with Crippen LogP contribution in [-0.2, 0) is 0 Å². The molecule has 8 rings (SSSR count). The lowest BCUT2D eigenvalue weighted by molar-refractivity contribution is 0.640. The van der Waals surface area contributed by atoms with Gasteiger partial charge in [0.2, 0.25) is 0 Å². The van der Waals surface area contributed by atoms with E-state index in [1.54, 1.807) is 6.07 Å². The molecule has 2 nitrogen and oxygen atoms in total. The van der Waals surface area contributed by atoms with Gasteiger partial charge in [0.25, 0.3) is 0 Å². The van der Waals surface area contributed by atoms with Crippen molar-refractivity contribution < 1.29 is 4.39 Å². The minimum absolute atomic E-state index is 0.211. The molecule has 0 bridgehead atoms. The zero-order chi connectivity index (χ0) is 29.6. The minimum atomic E-state index is -0.211. The zero-order valence-corrected chi connectivity index (χ0v) is 23.9. The van der Waals surface area contributed by atoms with E-state index in [-0.39, 0.29) is 5.82 Å². The van der Waals surface area contributed by atoms with Gasteiger partial charge in [0, 0.05) is 23.0 Å². The van der Waals surface area contributed by atoms with Crippen LogP contribution in [0.15, 0.2) is 163 Å². The molecule has 7 aromatic carbocycles. The van der Waals surface area contributed by atoms with Gasteiger partial charge in [0.05, 0.1) is 11.4 Å². The second-order valence-corrected chi connectivity index (χ2v) is 11.0. The Morgan fingerprint density at radius 1 is 0.568 bits per heavy atom. The summed E-state index contributed by atoms with van der Waals surface area (Å²) < 4.78 is 14.9. The van der Waals surface area contributed by atoms with Gasteiger partial charge in [-0.15, -0.1) is 0 Å². The Kier molecular flexibility index (Phi) is 6.16. The number of nitrogens with zero attached hydrogens (tertiary/aromatic N) is 2. The Balaban J connectivity index is 1.45. The van der Waals surface area contributed by atoms with Crippen molar-refractivity contribution in [1.82, 2.24) is 0 Å². The Bertz CT molecular complexity index is 2260. The molecule has 0 unspecified atom stereocenters. The van der Waals surface area contributed by atoms with Gasteiger partial charge in [-0.1, -0.05) is 110 Å². The van der Waals surface area contributed by atoms with Gasteiger partial charge in [-0.2, -0.15) is 0 Å². The van der Waals surface area contributed by atoms with Gasteiger partial charge in [0.1, 0.15) is 5.82 Å². The highest BCUT2D eigenvalue weighted by Crippen LogP contribution is 2.47. The molecule has 0 aromatic heterocycles. The quantitative estimate of drug-likeness (QED) is 0.194. The topological polar surface area (TPSA) is 15.6 Å². The second-order valence-electron chi connectivity index (χ2n) is 11.0. The molecular weight excluding hydrogens is 539 g/mol. The summed E-state index contributed by atoms with van der Waals surface area (Å²) >= 11 is 0. The molecule has 1 aliphatic rings. The monoisotopic (exact) mass is 566 g/mol. The van der Waals surface area contributed by atoms with E-state index in [1.165, 1.54) is 0 Å². The smallest absolute Gasteiger partial charge is 0.131 e. The van der Waals surface area contributed by atoms with Crippen molar-refractivity contribution in [1.29, 1.82) is 0 Å². The summed E-state index contributed by atoms with van der Waals surface area (Å²) in [4.78, 5) is 6.94. The molecule has 0 saturated heterocycles. The molecule has 0 N–H and O–H groups in total. The number of hydrogen-bond acceptors (Lipinski definition) is 2. The number of anilines is 2. The van der Waals surface area contributed by atoms with Gasteiger partial charge in [-0.25, -0.2) is 4.39 Å². The SMILES string of the molecule is C=C1/C=C\C=N/c2ccc(-c3c4ccccc4c(-c4ccc(F)c5ccccc45)c4ccccc34)cc2N1c1ccccc1. The average Bonchev–Trinajstić information content (AvgIpc) is 3.06. The molecule has 7 aromatic rings. The standard InChI is InChI=1S/C41H27FN2/c1-27-12-11-25-43-38-24-21-28(26-39(38)44(27)29-13-3-2-4-14-29)40-32-17-7-9-19-34(32)41(35-20-10-8-18-33(35)40)36-22-23-37(42)31-16-6-5-15-30(31)36/h2-26H,1H2/b12-11-,43-25-. The number of fused-ring (bicyclic) bond motifs is 4. The fourth-order valence-electron chi connectivity index (χ4n) is 6.57. The zero-order valence-electron chi connectivity index (χ0n) is 23.9. The molecular formula is C41H27FN2. The van der Waals surface area contributed by atoms with Crippen LogP contribution in [0.4, 0.5) is 21.5 Å². The van der Waals surface area contributed by atoms with E-state index in [0.717, 1.165) is 71.9 Å². The van der Waals surface area contributed by atoms with Crippen LogP contribution in [0.5, 0.6) is 0 Å². The van der Waals surface area contributed by atoms with Gasteiger partial charge >= 0.3 is 0 Å². The molecule has 1 aliphatic heterocycles. The maximum Gasteiger partial charge on any atom is 0.131 e. The summed E-state index contributed by atoms with van der Waals surface area (Å²) in [5.74, 6) is -0.211. The summed E-state index contributed by atoms with van der Waals surface area (Å²) in [5.41, 5.74) is 8.06. The van der Waals surface area contributed by atoms with Crippen LogP contribution in [0.1, 0.15) is 0 Å². The first-order valence-electron chi connectivity index (χ1n) is 14.7. The van der Waals surface area contributed by atoms with Crippen LogP contribution in [0.2, 0.25) is 0 Å². The molecule has 0 saturated carbocycles. The van der Waals surface area contributed by atoms with Crippen molar-refractivity contribution in [3.63, 3.8) is 0 Å². The van der Waals surface area contributed by atoms with E-state index in [4.69, 9.17) is 4.99 Å².